The first-order chi connectivity index (χ1) is 14.2. The van der Waals surface area contributed by atoms with Crippen molar-refractivity contribution in [3.8, 4) is 5.69 Å². The van der Waals surface area contributed by atoms with Crippen molar-refractivity contribution in [2.24, 2.45) is 0 Å². The van der Waals surface area contributed by atoms with E-state index in [2.05, 4.69) is 10.1 Å². The van der Waals surface area contributed by atoms with Crippen LogP contribution in [0, 0.1) is 0 Å². The minimum atomic E-state index is -0.414. The number of hydrogen-bond acceptors (Lipinski definition) is 6. The van der Waals surface area contributed by atoms with Crippen LogP contribution in [0.5, 0.6) is 0 Å². The summed E-state index contributed by atoms with van der Waals surface area (Å²) in [6.45, 7) is 1.14. The number of morpholine rings is 1. The lowest BCUT2D eigenvalue weighted by molar-refractivity contribution is -0.00588. The van der Waals surface area contributed by atoms with Crippen molar-refractivity contribution in [2.75, 3.05) is 19.8 Å². The van der Waals surface area contributed by atoms with E-state index in [0.717, 1.165) is 12.1 Å². The Balaban J connectivity index is 1.51. The number of amides is 1. The minimum absolute atomic E-state index is 0.0272. The van der Waals surface area contributed by atoms with Gasteiger partial charge in [-0.1, -0.05) is 18.2 Å². The quantitative estimate of drug-likeness (QED) is 0.681. The third-order valence-corrected chi connectivity index (χ3v) is 5.45. The van der Waals surface area contributed by atoms with Crippen LogP contribution in [-0.2, 0) is 11.2 Å². The normalized spacial score (nSPS) is 19.2. The lowest BCUT2D eigenvalue weighted by atomic mass is 9.93. The van der Waals surface area contributed by atoms with Crippen molar-refractivity contribution < 1.29 is 18.7 Å². The van der Waals surface area contributed by atoms with E-state index < -0.39 is 6.04 Å². The lowest BCUT2D eigenvalue weighted by Crippen LogP contribution is -2.44. The molecule has 0 N–H and O–H groups in total. The maximum absolute atomic E-state index is 13.4. The summed E-state index contributed by atoms with van der Waals surface area (Å²) >= 11 is 0. The third kappa shape index (κ3) is 3.05. The maximum Gasteiger partial charge on any atom is 0.258 e. The van der Waals surface area contributed by atoms with E-state index in [0.29, 0.717) is 55.3 Å². The number of nitrogens with zero attached hydrogens (tertiary/aromatic N) is 4. The summed E-state index contributed by atoms with van der Waals surface area (Å²) in [5.74, 6) is 0.969. The molecule has 3 aromatic rings. The molecule has 148 valence electrons. The first kappa shape index (κ1) is 17.8. The molecular formula is C21H20N4O4. The molecule has 1 unspecified atom stereocenters. The number of carbonyl (C=O) groups is 2. The number of ether oxygens (including phenoxy) is 1. The summed E-state index contributed by atoms with van der Waals surface area (Å²) < 4.78 is 12.9. The minimum Gasteiger partial charge on any atom is -0.468 e. The summed E-state index contributed by atoms with van der Waals surface area (Å²) in [4.78, 5) is 32.0. The van der Waals surface area contributed by atoms with Gasteiger partial charge in [0.05, 0.1) is 30.0 Å². The molecule has 3 heterocycles. The Morgan fingerprint density at radius 3 is 2.90 bits per heavy atom. The van der Waals surface area contributed by atoms with E-state index in [4.69, 9.17) is 9.15 Å². The van der Waals surface area contributed by atoms with Gasteiger partial charge in [0.25, 0.3) is 5.91 Å². The fourth-order valence-corrected chi connectivity index (χ4v) is 4.04. The van der Waals surface area contributed by atoms with E-state index in [-0.39, 0.29) is 11.7 Å². The largest absolute Gasteiger partial charge is 0.468 e. The second-order valence-corrected chi connectivity index (χ2v) is 7.18. The number of fused-ring (bicyclic) bond motifs is 1. The summed E-state index contributed by atoms with van der Waals surface area (Å²) in [5.41, 5.74) is 1.63. The van der Waals surface area contributed by atoms with Crippen LogP contribution < -0.4 is 0 Å². The van der Waals surface area contributed by atoms with Gasteiger partial charge >= 0.3 is 0 Å². The first-order valence-electron chi connectivity index (χ1n) is 9.71. The van der Waals surface area contributed by atoms with Crippen molar-refractivity contribution in [1.82, 2.24) is 19.7 Å². The van der Waals surface area contributed by atoms with Gasteiger partial charge in [-0.05, 0) is 18.6 Å². The molecule has 1 aliphatic carbocycles. The highest BCUT2D eigenvalue weighted by Crippen LogP contribution is 2.31. The average Bonchev–Trinajstić information content (AvgIpc) is 3.42. The number of Topliss-reactive ketones (excluding diaryl/α,β-unsaturated/α-hetero) is 1. The van der Waals surface area contributed by atoms with Crippen LogP contribution in [0.15, 0.2) is 47.3 Å². The third-order valence-electron chi connectivity index (χ3n) is 5.45. The molecule has 8 nitrogen and oxygen atoms in total. The molecule has 1 amide bonds. The molecule has 0 spiro atoms. The van der Waals surface area contributed by atoms with Crippen molar-refractivity contribution in [1.29, 1.82) is 0 Å². The average molecular weight is 392 g/mol. The predicted octanol–water partition coefficient (Wildman–Crippen LogP) is 2.59. The van der Waals surface area contributed by atoms with Crippen LogP contribution >= 0.6 is 0 Å². The monoisotopic (exact) mass is 392 g/mol. The predicted molar refractivity (Wildman–Crippen MR) is 102 cm³/mol. The van der Waals surface area contributed by atoms with Crippen molar-refractivity contribution in [2.45, 2.75) is 25.3 Å². The second-order valence-electron chi connectivity index (χ2n) is 7.18. The zero-order valence-electron chi connectivity index (χ0n) is 15.8. The van der Waals surface area contributed by atoms with Crippen LogP contribution in [0.2, 0.25) is 0 Å². The SMILES string of the molecule is O=C1CCCc2occ(C(=O)N3CCOCC3c3ncnn3-c3ccccc3)c21. The molecule has 8 heteroatoms. The topological polar surface area (TPSA) is 90.5 Å². The Morgan fingerprint density at radius 1 is 1.17 bits per heavy atom. The van der Waals surface area contributed by atoms with Gasteiger partial charge in [-0.2, -0.15) is 5.10 Å². The molecule has 29 heavy (non-hydrogen) atoms. The molecule has 0 radical (unpaired) electrons. The molecule has 0 saturated carbocycles. The molecule has 1 atom stereocenters. The van der Waals surface area contributed by atoms with Crippen LogP contribution in [0.25, 0.3) is 5.69 Å². The van der Waals surface area contributed by atoms with E-state index in [1.54, 1.807) is 9.58 Å². The summed E-state index contributed by atoms with van der Waals surface area (Å²) in [7, 11) is 0. The van der Waals surface area contributed by atoms with Gasteiger partial charge in [-0.3, -0.25) is 9.59 Å². The number of hydrogen-bond donors (Lipinski definition) is 0. The molecule has 1 aliphatic heterocycles. The Labute approximate surface area is 167 Å². The van der Waals surface area contributed by atoms with Crippen molar-refractivity contribution >= 4 is 11.7 Å². The van der Waals surface area contributed by atoms with Crippen LogP contribution in [0.1, 0.15) is 51.2 Å². The molecule has 2 aromatic heterocycles. The Bertz CT molecular complexity index is 1060. The number of ketones is 1. The zero-order chi connectivity index (χ0) is 19.8. The first-order valence-corrected chi connectivity index (χ1v) is 9.71. The van der Waals surface area contributed by atoms with Crippen molar-refractivity contribution in [3.63, 3.8) is 0 Å². The number of carbonyl (C=O) groups excluding carboxylic acids is 2. The highest BCUT2D eigenvalue weighted by molar-refractivity contribution is 6.09. The fraction of sp³-hybridized carbons (Fsp3) is 0.333. The fourth-order valence-electron chi connectivity index (χ4n) is 4.04. The Kier molecular flexibility index (Phi) is 4.48. The van der Waals surface area contributed by atoms with Gasteiger partial charge in [-0.15, -0.1) is 0 Å². The van der Waals surface area contributed by atoms with Gasteiger partial charge in [-0.25, -0.2) is 9.67 Å². The van der Waals surface area contributed by atoms with Gasteiger partial charge in [0.15, 0.2) is 11.6 Å². The Hall–Kier alpha value is -3.26. The van der Waals surface area contributed by atoms with E-state index in [1.807, 2.05) is 30.3 Å². The van der Waals surface area contributed by atoms with Gasteiger partial charge < -0.3 is 14.1 Å². The molecule has 5 rings (SSSR count). The number of benzene rings is 1. The summed E-state index contributed by atoms with van der Waals surface area (Å²) in [5, 5.41) is 4.34. The number of para-hydroxylation sites is 1. The maximum atomic E-state index is 13.4. The van der Waals surface area contributed by atoms with Crippen LogP contribution in [0.4, 0.5) is 0 Å². The zero-order valence-corrected chi connectivity index (χ0v) is 15.8. The molecular weight excluding hydrogens is 372 g/mol. The lowest BCUT2D eigenvalue weighted by Gasteiger charge is -2.35. The molecule has 1 aromatic carbocycles. The summed E-state index contributed by atoms with van der Waals surface area (Å²) in [6.07, 6.45) is 4.78. The van der Waals surface area contributed by atoms with E-state index in [9.17, 15) is 9.59 Å². The van der Waals surface area contributed by atoms with Crippen LogP contribution in [0.3, 0.4) is 0 Å². The molecule has 1 saturated heterocycles. The van der Waals surface area contributed by atoms with Gasteiger partial charge in [0.2, 0.25) is 0 Å². The van der Waals surface area contributed by atoms with E-state index in [1.165, 1.54) is 12.6 Å². The standard InChI is InChI=1S/C21H20N4O4/c26-17-7-4-8-18-19(17)15(11-29-18)21(27)24-9-10-28-12-16(24)20-22-13-23-25(20)14-5-2-1-3-6-14/h1-3,5-6,11,13,16H,4,7-10,12H2. The van der Waals surface area contributed by atoms with Gasteiger partial charge in [0, 0.05) is 19.4 Å². The highest BCUT2D eigenvalue weighted by Gasteiger charge is 2.36. The second kappa shape index (κ2) is 7.29. The summed E-state index contributed by atoms with van der Waals surface area (Å²) in [6, 6.07) is 9.22. The molecule has 0 bridgehead atoms. The number of furan rings is 1. The smallest absolute Gasteiger partial charge is 0.258 e. The van der Waals surface area contributed by atoms with Gasteiger partial charge in [0.1, 0.15) is 24.4 Å². The Morgan fingerprint density at radius 2 is 2.03 bits per heavy atom. The number of rotatable bonds is 3. The number of aryl methyl sites for hydroxylation is 1. The number of aromatic nitrogens is 3. The van der Waals surface area contributed by atoms with Crippen molar-refractivity contribution in [3.05, 3.63) is 65.6 Å². The van der Waals surface area contributed by atoms with Crippen LogP contribution in [-0.4, -0.2) is 51.1 Å². The van der Waals surface area contributed by atoms with E-state index >= 15 is 0 Å². The highest BCUT2D eigenvalue weighted by atomic mass is 16.5. The molecule has 1 fully saturated rings. The molecule has 2 aliphatic rings.